The normalized spacial score (nSPS) is 20.2. The molecule has 1 aromatic heterocycles. The summed E-state index contributed by atoms with van der Waals surface area (Å²) in [5, 5.41) is 4.63. The quantitative estimate of drug-likeness (QED) is 0.940. The fourth-order valence-corrected chi connectivity index (χ4v) is 2.72. The number of nitrogens with zero attached hydrogens (tertiary/aromatic N) is 3. The van der Waals surface area contributed by atoms with Gasteiger partial charge in [0, 0.05) is 18.2 Å². The van der Waals surface area contributed by atoms with Gasteiger partial charge in [0.2, 0.25) is 11.7 Å². The maximum atomic E-state index is 6.13. The van der Waals surface area contributed by atoms with E-state index in [1.54, 1.807) is 0 Å². The minimum Gasteiger partial charge on any atom is -0.338 e. The van der Waals surface area contributed by atoms with E-state index in [-0.39, 0.29) is 6.04 Å². The highest BCUT2D eigenvalue weighted by Crippen LogP contribution is 2.25. The lowest BCUT2D eigenvalue weighted by Gasteiger charge is -2.29. The molecule has 1 atom stereocenters. The van der Waals surface area contributed by atoms with Crippen LogP contribution in [0.1, 0.15) is 18.7 Å². The highest BCUT2D eigenvalue weighted by molar-refractivity contribution is 6.33. The number of benzene rings is 1. The largest absolute Gasteiger partial charge is 0.338 e. The molecule has 6 heteroatoms. The summed E-state index contributed by atoms with van der Waals surface area (Å²) < 4.78 is 5.31. The third-order valence-corrected chi connectivity index (χ3v) is 3.81. The SMILES string of the molecule is N[C@@H]1CCCN(Cc2nc(-c3ccccc3Cl)no2)C1. The zero-order valence-corrected chi connectivity index (χ0v) is 11.9. The summed E-state index contributed by atoms with van der Waals surface area (Å²) >= 11 is 6.13. The zero-order chi connectivity index (χ0) is 13.9. The number of hydrogen-bond acceptors (Lipinski definition) is 5. The Balaban J connectivity index is 1.72. The van der Waals surface area contributed by atoms with Gasteiger partial charge in [0.15, 0.2) is 0 Å². The molecule has 106 valence electrons. The minimum absolute atomic E-state index is 0.245. The smallest absolute Gasteiger partial charge is 0.241 e. The molecule has 0 aliphatic carbocycles. The molecule has 0 radical (unpaired) electrons. The molecule has 1 aliphatic heterocycles. The molecule has 0 unspecified atom stereocenters. The van der Waals surface area contributed by atoms with Crippen LogP contribution in [-0.2, 0) is 6.54 Å². The number of aromatic nitrogens is 2. The molecule has 2 heterocycles. The average molecular weight is 293 g/mol. The van der Waals surface area contributed by atoms with Crippen molar-refractivity contribution in [1.29, 1.82) is 0 Å². The molecule has 0 bridgehead atoms. The Kier molecular flexibility index (Phi) is 4.00. The predicted molar refractivity (Wildman–Crippen MR) is 77.2 cm³/mol. The topological polar surface area (TPSA) is 68.2 Å². The molecule has 1 fully saturated rings. The molecule has 0 saturated carbocycles. The molecule has 1 aromatic carbocycles. The predicted octanol–water partition coefficient (Wildman–Crippen LogP) is 2.31. The van der Waals surface area contributed by atoms with Crippen molar-refractivity contribution in [2.24, 2.45) is 5.73 Å². The Morgan fingerprint density at radius 2 is 2.25 bits per heavy atom. The van der Waals surface area contributed by atoms with Gasteiger partial charge in [0.05, 0.1) is 11.6 Å². The second-order valence-electron chi connectivity index (χ2n) is 5.13. The van der Waals surface area contributed by atoms with Crippen molar-refractivity contribution >= 4 is 11.6 Å². The van der Waals surface area contributed by atoms with E-state index in [1.807, 2.05) is 24.3 Å². The van der Waals surface area contributed by atoms with E-state index >= 15 is 0 Å². The Morgan fingerprint density at radius 3 is 3.05 bits per heavy atom. The van der Waals surface area contributed by atoms with Crippen molar-refractivity contribution < 1.29 is 4.52 Å². The first-order chi connectivity index (χ1) is 9.72. The van der Waals surface area contributed by atoms with Crippen LogP contribution in [0.15, 0.2) is 28.8 Å². The Morgan fingerprint density at radius 1 is 1.40 bits per heavy atom. The monoisotopic (exact) mass is 292 g/mol. The van der Waals surface area contributed by atoms with Crippen LogP contribution >= 0.6 is 11.6 Å². The van der Waals surface area contributed by atoms with Crippen molar-refractivity contribution in [3.05, 3.63) is 35.2 Å². The first-order valence-electron chi connectivity index (χ1n) is 6.78. The third-order valence-electron chi connectivity index (χ3n) is 3.48. The summed E-state index contributed by atoms with van der Waals surface area (Å²) in [6.07, 6.45) is 2.21. The molecule has 0 amide bonds. The fourth-order valence-electron chi connectivity index (χ4n) is 2.50. The van der Waals surface area contributed by atoms with E-state index in [1.165, 1.54) is 0 Å². The maximum absolute atomic E-state index is 6.13. The van der Waals surface area contributed by atoms with Crippen LogP contribution in [0.4, 0.5) is 0 Å². The summed E-state index contributed by atoms with van der Waals surface area (Å²) in [5.74, 6) is 1.14. The van der Waals surface area contributed by atoms with Gasteiger partial charge in [-0.2, -0.15) is 4.98 Å². The van der Waals surface area contributed by atoms with Gasteiger partial charge in [-0.1, -0.05) is 28.9 Å². The summed E-state index contributed by atoms with van der Waals surface area (Å²) in [6, 6.07) is 7.72. The molecule has 20 heavy (non-hydrogen) atoms. The lowest BCUT2D eigenvalue weighted by molar-refractivity contribution is 0.178. The number of nitrogens with two attached hydrogens (primary N) is 1. The third kappa shape index (κ3) is 3.00. The van der Waals surface area contributed by atoms with Crippen molar-refractivity contribution in [3.8, 4) is 11.4 Å². The first kappa shape index (κ1) is 13.5. The van der Waals surface area contributed by atoms with Gasteiger partial charge in [-0.15, -0.1) is 0 Å². The van der Waals surface area contributed by atoms with E-state index in [0.29, 0.717) is 23.3 Å². The van der Waals surface area contributed by atoms with Crippen LogP contribution in [-0.4, -0.2) is 34.2 Å². The van der Waals surface area contributed by atoms with Crippen LogP contribution in [0.25, 0.3) is 11.4 Å². The van der Waals surface area contributed by atoms with Crippen molar-refractivity contribution in [2.75, 3.05) is 13.1 Å². The second kappa shape index (κ2) is 5.91. The molecular weight excluding hydrogens is 276 g/mol. The zero-order valence-electron chi connectivity index (χ0n) is 11.1. The van der Waals surface area contributed by atoms with E-state index in [0.717, 1.165) is 31.5 Å². The maximum Gasteiger partial charge on any atom is 0.241 e. The molecule has 1 saturated heterocycles. The molecule has 2 N–H and O–H groups in total. The van der Waals surface area contributed by atoms with Crippen molar-refractivity contribution in [1.82, 2.24) is 15.0 Å². The van der Waals surface area contributed by atoms with Gasteiger partial charge in [-0.05, 0) is 31.5 Å². The average Bonchev–Trinajstić information content (AvgIpc) is 2.87. The molecule has 1 aliphatic rings. The van der Waals surface area contributed by atoms with Crippen molar-refractivity contribution in [2.45, 2.75) is 25.4 Å². The fraction of sp³-hybridized carbons (Fsp3) is 0.429. The number of rotatable bonds is 3. The van der Waals surface area contributed by atoms with Crippen LogP contribution in [0.3, 0.4) is 0 Å². The van der Waals surface area contributed by atoms with Gasteiger partial charge < -0.3 is 10.3 Å². The van der Waals surface area contributed by atoms with Gasteiger partial charge in [0.1, 0.15) is 0 Å². The van der Waals surface area contributed by atoms with Gasteiger partial charge in [-0.25, -0.2) is 0 Å². The number of likely N-dealkylation sites (tertiary alicyclic amines) is 1. The Hall–Kier alpha value is -1.43. The van der Waals surface area contributed by atoms with Crippen LogP contribution < -0.4 is 5.73 Å². The lowest BCUT2D eigenvalue weighted by atomic mass is 10.1. The molecule has 5 nitrogen and oxygen atoms in total. The standard InChI is InChI=1S/C14H17ClN4O/c15-12-6-2-1-5-11(12)14-17-13(20-18-14)9-19-7-3-4-10(16)8-19/h1-2,5-6,10H,3-4,7-9,16H2/t10-/m1/s1. The number of hydrogen-bond donors (Lipinski definition) is 1. The summed E-state index contributed by atoms with van der Waals surface area (Å²) in [4.78, 5) is 6.66. The molecule has 2 aromatic rings. The van der Waals surface area contributed by atoms with E-state index < -0.39 is 0 Å². The summed E-state index contributed by atoms with van der Waals surface area (Å²) in [7, 11) is 0. The van der Waals surface area contributed by atoms with Crippen LogP contribution in [0.2, 0.25) is 5.02 Å². The van der Waals surface area contributed by atoms with Gasteiger partial charge >= 0.3 is 0 Å². The van der Waals surface area contributed by atoms with E-state index in [2.05, 4.69) is 15.0 Å². The van der Waals surface area contributed by atoms with Gasteiger partial charge in [0.25, 0.3) is 0 Å². The molecule has 0 spiro atoms. The molecular formula is C14H17ClN4O. The second-order valence-corrected chi connectivity index (χ2v) is 5.54. The minimum atomic E-state index is 0.245. The first-order valence-corrected chi connectivity index (χ1v) is 7.15. The lowest BCUT2D eigenvalue weighted by Crippen LogP contribution is -2.42. The van der Waals surface area contributed by atoms with Crippen LogP contribution in [0, 0.1) is 0 Å². The van der Waals surface area contributed by atoms with E-state index in [9.17, 15) is 0 Å². The van der Waals surface area contributed by atoms with Crippen molar-refractivity contribution in [3.63, 3.8) is 0 Å². The molecule has 3 rings (SSSR count). The van der Waals surface area contributed by atoms with Crippen LogP contribution in [0.5, 0.6) is 0 Å². The Labute approximate surface area is 122 Å². The number of halogens is 1. The summed E-state index contributed by atoms with van der Waals surface area (Å²) in [6.45, 7) is 2.55. The van der Waals surface area contributed by atoms with E-state index in [4.69, 9.17) is 21.9 Å². The highest BCUT2D eigenvalue weighted by atomic mass is 35.5. The number of piperidine rings is 1. The highest BCUT2D eigenvalue weighted by Gasteiger charge is 2.19. The summed E-state index contributed by atoms with van der Waals surface area (Å²) in [5.41, 5.74) is 6.76. The van der Waals surface area contributed by atoms with Gasteiger partial charge in [-0.3, -0.25) is 4.90 Å². The Bertz CT molecular complexity index is 586.